The highest BCUT2D eigenvalue weighted by Crippen LogP contribution is 2.24. The molecule has 0 atom stereocenters. The Morgan fingerprint density at radius 2 is 2.41 bits per heavy atom. The smallest absolute Gasteiger partial charge is 0.338 e. The molecule has 2 heterocycles. The molecular weight excluding hydrogens is 240 g/mol. The van der Waals surface area contributed by atoms with Crippen molar-refractivity contribution >= 4 is 17.7 Å². The number of hydrogen-bond acceptors (Lipinski definition) is 5. The number of aryl methyl sites for hydroxylation is 1. The molecule has 0 aromatic carbocycles. The minimum absolute atomic E-state index is 0.203. The van der Waals surface area contributed by atoms with Gasteiger partial charge in [0.05, 0.1) is 17.0 Å². The van der Waals surface area contributed by atoms with Gasteiger partial charge in [-0.15, -0.1) is 0 Å². The second kappa shape index (κ2) is 5.01. The van der Waals surface area contributed by atoms with Crippen molar-refractivity contribution in [2.75, 3.05) is 0 Å². The van der Waals surface area contributed by atoms with E-state index in [1.54, 1.807) is 12.3 Å². The summed E-state index contributed by atoms with van der Waals surface area (Å²) >= 11 is 1.32. The molecule has 0 unspecified atom stereocenters. The van der Waals surface area contributed by atoms with Crippen LogP contribution in [0.1, 0.15) is 21.8 Å². The summed E-state index contributed by atoms with van der Waals surface area (Å²) in [6.45, 7) is 1.83. The fourth-order valence-corrected chi connectivity index (χ4v) is 2.15. The number of nitrogens with zero attached hydrogens (tertiary/aromatic N) is 2. The van der Waals surface area contributed by atoms with Gasteiger partial charge in [-0.05, 0) is 19.1 Å². The number of carboxylic acids is 1. The molecule has 5 nitrogen and oxygen atoms in total. The van der Waals surface area contributed by atoms with E-state index in [1.807, 2.05) is 13.0 Å². The number of carbonyl (C=O) groups is 1. The second-order valence-corrected chi connectivity index (χ2v) is 4.35. The first-order chi connectivity index (χ1) is 8.16. The van der Waals surface area contributed by atoms with Crippen LogP contribution >= 0.6 is 11.8 Å². The van der Waals surface area contributed by atoms with E-state index in [4.69, 9.17) is 9.63 Å². The summed E-state index contributed by atoms with van der Waals surface area (Å²) in [5, 5.41) is 13.2. The molecule has 0 amide bonds. The van der Waals surface area contributed by atoms with Crippen molar-refractivity contribution < 1.29 is 14.4 Å². The van der Waals surface area contributed by atoms with Crippen LogP contribution in [0.25, 0.3) is 0 Å². The van der Waals surface area contributed by atoms with Gasteiger partial charge in [-0.25, -0.2) is 9.78 Å². The van der Waals surface area contributed by atoms with E-state index in [1.165, 1.54) is 17.8 Å². The van der Waals surface area contributed by atoms with Crippen LogP contribution in [-0.2, 0) is 5.75 Å². The maximum atomic E-state index is 10.9. The van der Waals surface area contributed by atoms with Gasteiger partial charge in [0.15, 0.2) is 0 Å². The molecule has 0 aliphatic rings. The molecule has 0 saturated heterocycles. The van der Waals surface area contributed by atoms with Gasteiger partial charge in [0.1, 0.15) is 10.8 Å². The van der Waals surface area contributed by atoms with Crippen molar-refractivity contribution in [1.82, 2.24) is 10.1 Å². The SMILES string of the molecule is Cc1cc(CSc2ncccc2C(=O)O)on1. The Balaban J connectivity index is 2.11. The lowest BCUT2D eigenvalue weighted by Gasteiger charge is -2.01. The highest BCUT2D eigenvalue weighted by Gasteiger charge is 2.12. The normalized spacial score (nSPS) is 10.4. The molecule has 0 bridgehead atoms. The Labute approximate surface area is 102 Å². The monoisotopic (exact) mass is 250 g/mol. The molecule has 6 heteroatoms. The highest BCUT2D eigenvalue weighted by molar-refractivity contribution is 7.98. The molecule has 0 saturated carbocycles. The van der Waals surface area contributed by atoms with Gasteiger partial charge < -0.3 is 9.63 Å². The lowest BCUT2D eigenvalue weighted by atomic mass is 10.3. The minimum Gasteiger partial charge on any atom is -0.478 e. The molecule has 0 aliphatic heterocycles. The molecule has 2 aromatic rings. The summed E-state index contributed by atoms with van der Waals surface area (Å²) in [6, 6.07) is 4.95. The second-order valence-electron chi connectivity index (χ2n) is 3.38. The Morgan fingerprint density at radius 1 is 1.59 bits per heavy atom. The zero-order valence-corrected chi connectivity index (χ0v) is 9.90. The van der Waals surface area contributed by atoms with Gasteiger partial charge in [-0.2, -0.15) is 0 Å². The van der Waals surface area contributed by atoms with Crippen molar-refractivity contribution in [2.24, 2.45) is 0 Å². The van der Waals surface area contributed by atoms with E-state index in [0.717, 1.165) is 5.69 Å². The number of hydrogen-bond donors (Lipinski definition) is 1. The van der Waals surface area contributed by atoms with Crippen LogP contribution in [0.5, 0.6) is 0 Å². The number of pyridine rings is 1. The van der Waals surface area contributed by atoms with Gasteiger partial charge in [0, 0.05) is 12.3 Å². The molecule has 0 aliphatic carbocycles. The molecule has 0 spiro atoms. The van der Waals surface area contributed by atoms with Gasteiger partial charge in [0.25, 0.3) is 0 Å². The highest BCUT2D eigenvalue weighted by atomic mass is 32.2. The summed E-state index contributed by atoms with van der Waals surface area (Å²) in [6.07, 6.45) is 1.57. The van der Waals surface area contributed by atoms with E-state index >= 15 is 0 Å². The summed E-state index contributed by atoms with van der Waals surface area (Å²) in [5.74, 6) is 0.238. The maximum absolute atomic E-state index is 10.9. The fraction of sp³-hybridized carbons (Fsp3) is 0.182. The summed E-state index contributed by atoms with van der Waals surface area (Å²) in [7, 11) is 0. The largest absolute Gasteiger partial charge is 0.478 e. The van der Waals surface area contributed by atoms with Crippen molar-refractivity contribution in [3.8, 4) is 0 Å². The molecular formula is C11H10N2O3S. The van der Waals surface area contributed by atoms with Crippen LogP contribution in [0.4, 0.5) is 0 Å². The summed E-state index contributed by atoms with van der Waals surface area (Å²) in [4.78, 5) is 15.0. The Hall–Kier alpha value is -1.82. The van der Waals surface area contributed by atoms with Gasteiger partial charge >= 0.3 is 5.97 Å². The van der Waals surface area contributed by atoms with Crippen LogP contribution in [0, 0.1) is 6.92 Å². The lowest BCUT2D eigenvalue weighted by Crippen LogP contribution is -2.00. The van der Waals surface area contributed by atoms with E-state index in [-0.39, 0.29) is 5.56 Å². The topological polar surface area (TPSA) is 76.2 Å². The van der Waals surface area contributed by atoms with Crippen molar-refractivity contribution in [3.63, 3.8) is 0 Å². The van der Waals surface area contributed by atoms with E-state index in [2.05, 4.69) is 10.1 Å². The number of aromatic carboxylic acids is 1. The molecule has 0 fully saturated rings. The quantitative estimate of drug-likeness (QED) is 0.839. The number of rotatable bonds is 4. The standard InChI is InChI=1S/C11H10N2O3S/c1-7-5-8(16-13-7)6-17-10-9(11(14)15)3-2-4-12-10/h2-5H,6H2,1H3,(H,14,15). The third-order valence-corrected chi connectivity index (χ3v) is 3.06. The minimum atomic E-state index is -0.977. The number of thioether (sulfide) groups is 1. The Kier molecular flexibility index (Phi) is 3.43. The molecule has 0 radical (unpaired) electrons. The van der Waals surface area contributed by atoms with Crippen molar-refractivity contribution in [1.29, 1.82) is 0 Å². The summed E-state index contributed by atoms with van der Waals surface area (Å²) < 4.78 is 5.04. The number of aromatic nitrogens is 2. The fourth-order valence-electron chi connectivity index (χ4n) is 1.29. The van der Waals surface area contributed by atoms with Crippen LogP contribution in [0.2, 0.25) is 0 Å². The lowest BCUT2D eigenvalue weighted by molar-refractivity contribution is 0.0692. The third-order valence-electron chi connectivity index (χ3n) is 2.03. The molecule has 17 heavy (non-hydrogen) atoms. The van der Waals surface area contributed by atoms with E-state index < -0.39 is 5.97 Å². The average Bonchev–Trinajstić information content (AvgIpc) is 2.73. The van der Waals surface area contributed by atoms with Gasteiger partial charge in [0.2, 0.25) is 0 Å². The first kappa shape index (κ1) is 11.7. The number of carboxylic acid groups (broad SMARTS) is 1. The summed E-state index contributed by atoms with van der Waals surface area (Å²) in [5.41, 5.74) is 1.01. The molecule has 2 rings (SSSR count). The first-order valence-corrected chi connectivity index (χ1v) is 5.88. The van der Waals surface area contributed by atoms with Gasteiger partial charge in [-0.1, -0.05) is 16.9 Å². The van der Waals surface area contributed by atoms with Crippen LogP contribution in [0.15, 0.2) is 33.9 Å². The predicted molar refractivity (Wildman–Crippen MR) is 62.0 cm³/mol. The predicted octanol–water partition coefficient (Wildman–Crippen LogP) is 2.37. The van der Waals surface area contributed by atoms with E-state index in [9.17, 15) is 4.79 Å². The molecule has 1 N–H and O–H groups in total. The third kappa shape index (κ3) is 2.85. The average molecular weight is 250 g/mol. The van der Waals surface area contributed by atoms with Crippen LogP contribution in [-0.4, -0.2) is 21.2 Å². The van der Waals surface area contributed by atoms with Crippen molar-refractivity contribution in [2.45, 2.75) is 17.7 Å². The zero-order chi connectivity index (χ0) is 12.3. The van der Waals surface area contributed by atoms with Crippen LogP contribution in [0.3, 0.4) is 0 Å². The molecule has 2 aromatic heterocycles. The molecule has 88 valence electrons. The Morgan fingerprint density at radius 3 is 3.06 bits per heavy atom. The Bertz CT molecular complexity index is 539. The zero-order valence-electron chi connectivity index (χ0n) is 9.08. The van der Waals surface area contributed by atoms with Gasteiger partial charge in [-0.3, -0.25) is 0 Å². The van der Waals surface area contributed by atoms with Crippen LogP contribution < -0.4 is 0 Å². The van der Waals surface area contributed by atoms with E-state index in [0.29, 0.717) is 16.5 Å². The van der Waals surface area contributed by atoms with Crippen molar-refractivity contribution in [3.05, 3.63) is 41.4 Å². The first-order valence-electron chi connectivity index (χ1n) is 4.90. The maximum Gasteiger partial charge on any atom is 0.338 e.